The van der Waals surface area contributed by atoms with E-state index < -0.39 is 17.8 Å². The number of rotatable bonds is 12. The predicted octanol–water partition coefficient (Wildman–Crippen LogP) is 4.73. The first-order valence-electron chi connectivity index (χ1n) is 9.64. The van der Waals surface area contributed by atoms with E-state index in [9.17, 15) is 19.5 Å². The summed E-state index contributed by atoms with van der Waals surface area (Å²) in [7, 11) is 0. The van der Waals surface area contributed by atoms with E-state index in [2.05, 4.69) is 6.92 Å². The number of hydrogen-bond acceptors (Lipinski definition) is 3. The fourth-order valence-corrected chi connectivity index (χ4v) is 3.43. The molecular formula is C21H32O4. The van der Waals surface area contributed by atoms with Gasteiger partial charge in [0.1, 0.15) is 5.78 Å². The summed E-state index contributed by atoms with van der Waals surface area (Å²) in [4.78, 5) is 35.7. The van der Waals surface area contributed by atoms with E-state index in [1.807, 2.05) is 6.92 Å². The van der Waals surface area contributed by atoms with Gasteiger partial charge in [-0.05, 0) is 31.3 Å². The minimum Gasteiger partial charge on any atom is -0.481 e. The monoisotopic (exact) mass is 348 g/mol. The number of hydrogen-bond donors (Lipinski definition) is 1. The van der Waals surface area contributed by atoms with Gasteiger partial charge >= 0.3 is 5.97 Å². The number of carboxylic acid groups (broad SMARTS) is 1. The molecule has 0 aromatic rings. The Morgan fingerprint density at radius 1 is 1.20 bits per heavy atom. The zero-order chi connectivity index (χ0) is 18.7. The highest BCUT2D eigenvalue weighted by Crippen LogP contribution is 2.36. The first-order chi connectivity index (χ1) is 12.0. The third-order valence-electron chi connectivity index (χ3n) is 4.86. The van der Waals surface area contributed by atoms with Crippen molar-refractivity contribution >= 4 is 17.5 Å². The van der Waals surface area contributed by atoms with E-state index in [1.165, 1.54) is 12.8 Å². The van der Waals surface area contributed by atoms with Gasteiger partial charge in [-0.15, -0.1) is 0 Å². The van der Waals surface area contributed by atoms with E-state index in [0.29, 0.717) is 19.3 Å². The number of carbonyl (C=O) groups excluding carboxylic acids is 2. The third kappa shape index (κ3) is 7.37. The molecule has 1 saturated carbocycles. The summed E-state index contributed by atoms with van der Waals surface area (Å²) in [6.07, 6.45) is 14.6. The standard InChI is InChI=1S/C21H32O4/c1-3-5-7-8-9-10-17(22)14-12-16-13-15-19(23)20(16)18(21(24)25)11-6-4-2/h6,11-12,14,16,18,20H,3-5,7-10,13,15H2,1-2H3,(H,24,25). The maximum atomic E-state index is 12.2. The SMILES string of the molecule is CCC=CC(C(=O)O)C1C(=O)CCC1C=CC(=O)CCCCCCC. The number of carbonyl (C=O) groups is 3. The molecule has 1 aliphatic carbocycles. The summed E-state index contributed by atoms with van der Waals surface area (Å²) in [6.45, 7) is 4.09. The number of allylic oxidation sites excluding steroid dienone is 3. The van der Waals surface area contributed by atoms with Crippen LogP contribution in [0.1, 0.15) is 71.6 Å². The summed E-state index contributed by atoms with van der Waals surface area (Å²) >= 11 is 0. The Kier molecular flexibility index (Phi) is 10.0. The van der Waals surface area contributed by atoms with Crippen molar-refractivity contribution in [2.24, 2.45) is 17.8 Å². The van der Waals surface area contributed by atoms with Crippen molar-refractivity contribution in [3.05, 3.63) is 24.3 Å². The smallest absolute Gasteiger partial charge is 0.311 e. The fraction of sp³-hybridized carbons (Fsp3) is 0.667. The molecule has 0 radical (unpaired) electrons. The average molecular weight is 348 g/mol. The molecule has 3 unspecified atom stereocenters. The molecule has 3 atom stereocenters. The molecule has 1 aliphatic rings. The molecule has 1 N–H and O–H groups in total. The molecule has 0 saturated heterocycles. The number of ketones is 2. The van der Waals surface area contributed by atoms with Crippen LogP contribution >= 0.6 is 0 Å². The Bertz CT molecular complexity index is 504. The molecule has 140 valence electrons. The largest absolute Gasteiger partial charge is 0.481 e. The van der Waals surface area contributed by atoms with E-state index >= 15 is 0 Å². The van der Waals surface area contributed by atoms with E-state index in [4.69, 9.17) is 0 Å². The quantitative estimate of drug-likeness (QED) is 0.314. The number of unbranched alkanes of at least 4 members (excludes halogenated alkanes) is 4. The second kappa shape index (κ2) is 11.8. The molecule has 0 aromatic carbocycles. The topological polar surface area (TPSA) is 71.4 Å². The Labute approximate surface area is 151 Å². The Balaban J connectivity index is 2.62. The molecule has 0 aliphatic heterocycles. The lowest BCUT2D eigenvalue weighted by Gasteiger charge is -2.20. The van der Waals surface area contributed by atoms with E-state index in [0.717, 1.165) is 25.7 Å². The summed E-state index contributed by atoms with van der Waals surface area (Å²) in [5.74, 6) is -2.40. The molecule has 4 heteroatoms. The van der Waals surface area contributed by atoms with Crippen LogP contribution in [0.15, 0.2) is 24.3 Å². The van der Waals surface area contributed by atoms with Crippen molar-refractivity contribution in [1.29, 1.82) is 0 Å². The van der Waals surface area contributed by atoms with Crippen LogP contribution < -0.4 is 0 Å². The lowest BCUT2D eigenvalue weighted by atomic mass is 9.82. The van der Waals surface area contributed by atoms with Crippen LogP contribution in [-0.4, -0.2) is 22.6 Å². The highest BCUT2D eigenvalue weighted by molar-refractivity contribution is 5.91. The molecule has 0 amide bonds. The molecule has 25 heavy (non-hydrogen) atoms. The van der Waals surface area contributed by atoms with Gasteiger partial charge in [0.15, 0.2) is 5.78 Å². The molecule has 0 bridgehead atoms. The Morgan fingerprint density at radius 3 is 2.56 bits per heavy atom. The van der Waals surface area contributed by atoms with Gasteiger partial charge in [0, 0.05) is 18.8 Å². The van der Waals surface area contributed by atoms with Gasteiger partial charge in [-0.2, -0.15) is 0 Å². The van der Waals surface area contributed by atoms with Crippen molar-refractivity contribution < 1.29 is 19.5 Å². The van der Waals surface area contributed by atoms with Gasteiger partial charge in [-0.3, -0.25) is 14.4 Å². The molecule has 1 rings (SSSR count). The minimum absolute atomic E-state index is 0.00480. The Hall–Kier alpha value is -1.71. The van der Waals surface area contributed by atoms with Crippen LogP contribution in [-0.2, 0) is 14.4 Å². The summed E-state index contributed by atoms with van der Waals surface area (Å²) < 4.78 is 0. The first-order valence-corrected chi connectivity index (χ1v) is 9.64. The van der Waals surface area contributed by atoms with Crippen LogP contribution in [0.4, 0.5) is 0 Å². The number of Topliss-reactive ketones (excluding diaryl/α,β-unsaturated/α-hetero) is 1. The van der Waals surface area contributed by atoms with E-state index in [-0.39, 0.29) is 17.5 Å². The second-order valence-electron chi connectivity index (χ2n) is 6.88. The molecule has 1 fully saturated rings. The maximum Gasteiger partial charge on any atom is 0.311 e. The van der Waals surface area contributed by atoms with Gasteiger partial charge in [-0.1, -0.05) is 57.8 Å². The molecular weight excluding hydrogens is 316 g/mol. The predicted molar refractivity (Wildman–Crippen MR) is 99.3 cm³/mol. The van der Waals surface area contributed by atoms with Crippen LogP contribution in [0.25, 0.3) is 0 Å². The number of aliphatic carboxylic acids is 1. The van der Waals surface area contributed by atoms with Gasteiger partial charge in [0.25, 0.3) is 0 Å². The lowest BCUT2D eigenvalue weighted by Crippen LogP contribution is -2.29. The van der Waals surface area contributed by atoms with Crippen LogP contribution in [0, 0.1) is 17.8 Å². The number of carboxylic acids is 1. The Morgan fingerprint density at radius 2 is 1.92 bits per heavy atom. The molecule has 0 spiro atoms. The normalized spacial score (nSPS) is 22.1. The van der Waals surface area contributed by atoms with Gasteiger partial charge in [0.05, 0.1) is 5.92 Å². The van der Waals surface area contributed by atoms with Crippen LogP contribution in [0.5, 0.6) is 0 Å². The van der Waals surface area contributed by atoms with Crippen molar-refractivity contribution in [3.63, 3.8) is 0 Å². The maximum absolute atomic E-state index is 12.2. The minimum atomic E-state index is -0.967. The van der Waals surface area contributed by atoms with Crippen molar-refractivity contribution in [1.82, 2.24) is 0 Å². The zero-order valence-electron chi connectivity index (χ0n) is 15.6. The average Bonchev–Trinajstić information content (AvgIpc) is 2.94. The molecule has 4 nitrogen and oxygen atoms in total. The highest BCUT2D eigenvalue weighted by Gasteiger charge is 2.41. The lowest BCUT2D eigenvalue weighted by molar-refractivity contribution is -0.144. The second-order valence-corrected chi connectivity index (χ2v) is 6.88. The zero-order valence-corrected chi connectivity index (χ0v) is 15.6. The third-order valence-corrected chi connectivity index (χ3v) is 4.86. The summed E-state index contributed by atoms with van der Waals surface area (Å²) in [6, 6.07) is 0. The fourth-order valence-electron chi connectivity index (χ4n) is 3.43. The molecule has 0 heterocycles. The van der Waals surface area contributed by atoms with Gasteiger partial charge in [0.2, 0.25) is 0 Å². The van der Waals surface area contributed by atoms with Gasteiger partial charge < -0.3 is 5.11 Å². The van der Waals surface area contributed by atoms with Crippen LogP contribution in [0.3, 0.4) is 0 Å². The van der Waals surface area contributed by atoms with Crippen molar-refractivity contribution in [3.8, 4) is 0 Å². The summed E-state index contributed by atoms with van der Waals surface area (Å²) in [5, 5.41) is 9.47. The van der Waals surface area contributed by atoms with Gasteiger partial charge in [-0.25, -0.2) is 0 Å². The van der Waals surface area contributed by atoms with Crippen molar-refractivity contribution in [2.45, 2.75) is 71.6 Å². The van der Waals surface area contributed by atoms with Crippen molar-refractivity contribution in [2.75, 3.05) is 0 Å². The first kappa shape index (κ1) is 21.3. The van der Waals surface area contributed by atoms with E-state index in [1.54, 1.807) is 24.3 Å². The summed E-state index contributed by atoms with van der Waals surface area (Å²) in [5.41, 5.74) is 0. The molecule has 0 aromatic heterocycles. The highest BCUT2D eigenvalue weighted by atomic mass is 16.4. The van der Waals surface area contributed by atoms with Crippen LogP contribution in [0.2, 0.25) is 0 Å².